The van der Waals surface area contributed by atoms with Crippen LogP contribution in [0.3, 0.4) is 0 Å². The van der Waals surface area contributed by atoms with E-state index in [0.717, 1.165) is 32.2 Å². The highest BCUT2D eigenvalue weighted by Gasteiger charge is 2.30. The molecule has 1 aliphatic carbocycles. The van der Waals surface area contributed by atoms with Crippen molar-refractivity contribution >= 4 is 5.96 Å². The SMILES string of the molecule is CN=C(NCC1(C)CCCC1)N1CCC(COCc2ccccc2)C1. The summed E-state index contributed by atoms with van der Waals surface area (Å²) in [5, 5.41) is 3.63. The lowest BCUT2D eigenvalue weighted by Gasteiger charge is -2.28. The van der Waals surface area contributed by atoms with Crippen LogP contribution in [0.1, 0.15) is 44.6 Å². The first-order valence-corrected chi connectivity index (χ1v) is 9.76. The highest BCUT2D eigenvalue weighted by molar-refractivity contribution is 5.80. The summed E-state index contributed by atoms with van der Waals surface area (Å²) in [5.41, 5.74) is 1.70. The van der Waals surface area contributed by atoms with Gasteiger partial charge in [0.15, 0.2) is 5.96 Å². The van der Waals surface area contributed by atoms with Crippen molar-refractivity contribution in [3.05, 3.63) is 35.9 Å². The quantitative estimate of drug-likeness (QED) is 0.632. The van der Waals surface area contributed by atoms with E-state index in [-0.39, 0.29) is 0 Å². The van der Waals surface area contributed by atoms with E-state index >= 15 is 0 Å². The van der Waals surface area contributed by atoms with Crippen molar-refractivity contribution in [3.8, 4) is 0 Å². The minimum absolute atomic E-state index is 0.452. The van der Waals surface area contributed by atoms with Crippen LogP contribution in [0.4, 0.5) is 0 Å². The number of ether oxygens (including phenoxy) is 1. The monoisotopic (exact) mass is 343 g/mol. The molecule has 0 radical (unpaired) electrons. The third-order valence-corrected chi connectivity index (χ3v) is 5.75. The largest absolute Gasteiger partial charge is 0.376 e. The lowest BCUT2D eigenvalue weighted by molar-refractivity contribution is 0.0906. The number of rotatable bonds is 6. The van der Waals surface area contributed by atoms with Gasteiger partial charge < -0.3 is 15.0 Å². The molecule has 0 bridgehead atoms. The minimum atomic E-state index is 0.452. The second-order valence-electron chi connectivity index (χ2n) is 8.02. The summed E-state index contributed by atoms with van der Waals surface area (Å²) in [6.07, 6.45) is 6.62. The standard InChI is InChI=1S/C21H33N3O/c1-21(11-6-7-12-21)17-23-20(22-2)24-13-10-19(14-24)16-25-15-18-8-4-3-5-9-18/h3-5,8-9,19H,6-7,10-17H2,1-2H3,(H,22,23). The van der Waals surface area contributed by atoms with Gasteiger partial charge in [-0.3, -0.25) is 4.99 Å². The number of nitrogens with one attached hydrogen (secondary N) is 1. The minimum Gasteiger partial charge on any atom is -0.376 e. The molecule has 1 N–H and O–H groups in total. The average Bonchev–Trinajstić information content (AvgIpc) is 3.27. The number of hydrogen-bond donors (Lipinski definition) is 1. The van der Waals surface area contributed by atoms with E-state index in [1.54, 1.807) is 0 Å². The highest BCUT2D eigenvalue weighted by atomic mass is 16.5. The third kappa shape index (κ3) is 5.21. The first-order valence-electron chi connectivity index (χ1n) is 9.76. The molecule has 1 atom stereocenters. The molecular weight excluding hydrogens is 310 g/mol. The summed E-state index contributed by atoms with van der Waals surface area (Å²) in [5.74, 6) is 1.67. The van der Waals surface area contributed by atoms with Crippen molar-refractivity contribution in [1.29, 1.82) is 0 Å². The van der Waals surface area contributed by atoms with Crippen LogP contribution in [0.25, 0.3) is 0 Å². The molecule has 1 saturated heterocycles. The maximum Gasteiger partial charge on any atom is 0.193 e. The molecule has 1 heterocycles. The van der Waals surface area contributed by atoms with Gasteiger partial charge in [-0.1, -0.05) is 50.1 Å². The van der Waals surface area contributed by atoms with E-state index in [9.17, 15) is 0 Å². The summed E-state index contributed by atoms with van der Waals surface area (Å²) in [4.78, 5) is 6.91. The molecule has 1 aliphatic heterocycles. The zero-order valence-electron chi connectivity index (χ0n) is 15.8. The molecule has 25 heavy (non-hydrogen) atoms. The van der Waals surface area contributed by atoms with E-state index in [2.05, 4.69) is 46.4 Å². The molecule has 0 spiro atoms. The Kier molecular flexibility index (Phi) is 6.35. The lowest BCUT2D eigenvalue weighted by Crippen LogP contribution is -2.44. The summed E-state index contributed by atoms with van der Waals surface area (Å²) in [6.45, 7) is 7.12. The Balaban J connectivity index is 1.40. The van der Waals surface area contributed by atoms with E-state index in [4.69, 9.17) is 4.74 Å². The second kappa shape index (κ2) is 8.70. The molecule has 0 aromatic heterocycles. The van der Waals surface area contributed by atoms with Gasteiger partial charge in [-0.05, 0) is 30.2 Å². The van der Waals surface area contributed by atoms with Gasteiger partial charge in [-0.2, -0.15) is 0 Å². The van der Waals surface area contributed by atoms with Crippen LogP contribution in [0.15, 0.2) is 35.3 Å². The van der Waals surface area contributed by atoms with Crippen molar-refractivity contribution in [1.82, 2.24) is 10.2 Å². The fraction of sp³-hybridized carbons (Fsp3) is 0.667. The Morgan fingerprint density at radius 3 is 2.76 bits per heavy atom. The van der Waals surface area contributed by atoms with Crippen molar-refractivity contribution in [2.75, 3.05) is 33.3 Å². The Labute approximate surface area is 152 Å². The molecule has 0 amide bonds. The molecule has 4 heteroatoms. The van der Waals surface area contributed by atoms with Crippen LogP contribution in [0.5, 0.6) is 0 Å². The van der Waals surface area contributed by atoms with Gasteiger partial charge in [-0.25, -0.2) is 0 Å². The zero-order valence-corrected chi connectivity index (χ0v) is 15.8. The van der Waals surface area contributed by atoms with Gasteiger partial charge in [-0.15, -0.1) is 0 Å². The van der Waals surface area contributed by atoms with Crippen LogP contribution >= 0.6 is 0 Å². The molecule has 1 unspecified atom stereocenters. The van der Waals surface area contributed by atoms with Crippen LogP contribution in [0.2, 0.25) is 0 Å². The van der Waals surface area contributed by atoms with Crippen LogP contribution in [-0.4, -0.2) is 44.1 Å². The van der Waals surface area contributed by atoms with Gasteiger partial charge in [0.05, 0.1) is 13.2 Å². The van der Waals surface area contributed by atoms with Gasteiger partial charge in [0, 0.05) is 32.6 Å². The highest BCUT2D eigenvalue weighted by Crippen LogP contribution is 2.36. The molecule has 2 fully saturated rings. The fourth-order valence-electron chi connectivity index (χ4n) is 4.11. The van der Waals surface area contributed by atoms with Gasteiger partial charge >= 0.3 is 0 Å². The summed E-state index contributed by atoms with van der Waals surface area (Å²) in [7, 11) is 1.90. The summed E-state index contributed by atoms with van der Waals surface area (Å²) in [6, 6.07) is 10.4. The Bertz CT molecular complexity index is 552. The smallest absolute Gasteiger partial charge is 0.193 e. The molecule has 3 rings (SSSR count). The second-order valence-corrected chi connectivity index (χ2v) is 8.02. The van der Waals surface area contributed by atoms with E-state index < -0.39 is 0 Å². The van der Waals surface area contributed by atoms with Crippen molar-refractivity contribution in [3.63, 3.8) is 0 Å². The molecule has 138 valence electrons. The van der Waals surface area contributed by atoms with Gasteiger partial charge in [0.1, 0.15) is 0 Å². The fourth-order valence-corrected chi connectivity index (χ4v) is 4.11. The topological polar surface area (TPSA) is 36.9 Å². The number of likely N-dealkylation sites (tertiary alicyclic amines) is 1. The Hall–Kier alpha value is -1.55. The molecule has 1 saturated carbocycles. The zero-order chi connectivity index (χ0) is 17.5. The molecule has 2 aliphatic rings. The number of guanidine groups is 1. The summed E-state index contributed by atoms with van der Waals surface area (Å²) < 4.78 is 5.94. The van der Waals surface area contributed by atoms with Crippen LogP contribution in [-0.2, 0) is 11.3 Å². The summed E-state index contributed by atoms with van der Waals surface area (Å²) >= 11 is 0. The number of aliphatic imine (C=N–C) groups is 1. The predicted molar refractivity (Wildman–Crippen MR) is 104 cm³/mol. The molecular formula is C21H33N3O. The predicted octanol–water partition coefficient (Wildman–Crippen LogP) is 3.68. The third-order valence-electron chi connectivity index (χ3n) is 5.75. The van der Waals surface area contributed by atoms with Gasteiger partial charge in [0.2, 0.25) is 0 Å². The maximum absolute atomic E-state index is 5.94. The number of benzene rings is 1. The van der Waals surface area contributed by atoms with Crippen LogP contribution in [0, 0.1) is 11.3 Å². The maximum atomic E-state index is 5.94. The Morgan fingerprint density at radius 1 is 1.28 bits per heavy atom. The lowest BCUT2D eigenvalue weighted by atomic mass is 9.89. The van der Waals surface area contributed by atoms with E-state index in [1.807, 2.05) is 13.1 Å². The van der Waals surface area contributed by atoms with Crippen molar-refractivity contribution < 1.29 is 4.74 Å². The van der Waals surface area contributed by atoms with E-state index in [1.165, 1.54) is 37.7 Å². The molecule has 1 aromatic rings. The van der Waals surface area contributed by atoms with Crippen molar-refractivity contribution in [2.45, 2.75) is 45.6 Å². The first-order chi connectivity index (χ1) is 12.2. The normalized spacial score (nSPS) is 23.2. The van der Waals surface area contributed by atoms with Crippen molar-refractivity contribution in [2.24, 2.45) is 16.3 Å². The number of nitrogens with zero attached hydrogens (tertiary/aromatic N) is 2. The first kappa shape index (κ1) is 18.2. The molecule has 4 nitrogen and oxygen atoms in total. The Morgan fingerprint density at radius 2 is 2.04 bits per heavy atom. The number of hydrogen-bond acceptors (Lipinski definition) is 2. The van der Waals surface area contributed by atoms with Gasteiger partial charge in [0.25, 0.3) is 0 Å². The molecule has 1 aromatic carbocycles. The van der Waals surface area contributed by atoms with E-state index in [0.29, 0.717) is 17.9 Å². The van der Waals surface area contributed by atoms with Crippen LogP contribution < -0.4 is 5.32 Å². The average molecular weight is 344 g/mol.